The summed E-state index contributed by atoms with van der Waals surface area (Å²) in [6, 6.07) is 0. The van der Waals surface area contributed by atoms with Crippen LogP contribution < -0.4 is 4.57 Å². The van der Waals surface area contributed by atoms with Crippen LogP contribution in [0.1, 0.15) is 38.5 Å². The minimum Gasteiger partial charge on any atom is -0.292 e. The number of hydrogen-bond acceptors (Lipinski definition) is 2. The Balaban J connectivity index is 1.56. The Morgan fingerprint density at radius 1 is 1.05 bits per heavy atom. The van der Waals surface area contributed by atoms with Crippen LogP contribution in [0.25, 0.3) is 0 Å². The predicted octanol–water partition coefficient (Wildman–Crippen LogP) is 2.15. The van der Waals surface area contributed by atoms with Crippen LogP contribution in [-0.4, -0.2) is 10.8 Å². The van der Waals surface area contributed by atoms with Crippen molar-refractivity contribution in [2.45, 2.75) is 45.1 Å². The molecule has 0 atom stereocenters. The second-order valence-corrected chi connectivity index (χ2v) is 7.04. The first-order valence-electron chi connectivity index (χ1n) is 7.56. The molecule has 0 aliphatic heterocycles. The van der Waals surface area contributed by atoms with Gasteiger partial charge in [-0.2, -0.15) is 4.57 Å². The van der Waals surface area contributed by atoms with E-state index in [4.69, 9.17) is 0 Å². The predicted molar refractivity (Wildman–Crippen MR) is 70.0 cm³/mol. The van der Waals surface area contributed by atoms with Gasteiger partial charge >= 0.3 is 0 Å². The molecule has 3 nitrogen and oxygen atoms in total. The molecule has 1 heterocycles. The zero-order chi connectivity index (χ0) is 12.9. The van der Waals surface area contributed by atoms with Crippen LogP contribution in [0.3, 0.4) is 0 Å². The summed E-state index contributed by atoms with van der Waals surface area (Å²) in [5, 5.41) is 0. The van der Waals surface area contributed by atoms with Crippen molar-refractivity contribution < 1.29 is 9.36 Å². The van der Waals surface area contributed by atoms with Gasteiger partial charge in [-0.3, -0.25) is 9.78 Å². The van der Waals surface area contributed by atoms with Crippen molar-refractivity contribution >= 4 is 5.78 Å². The van der Waals surface area contributed by atoms with Gasteiger partial charge in [0.2, 0.25) is 12.3 Å². The van der Waals surface area contributed by atoms with Crippen LogP contribution >= 0.6 is 0 Å². The van der Waals surface area contributed by atoms with Crippen LogP contribution in [0, 0.1) is 23.2 Å². The summed E-state index contributed by atoms with van der Waals surface area (Å²) < 4.78 is 1.98. The van der Waals surface area contributed by atoms with E-state index in [9.17, 15) is 4.79 Å². The number of rotatable bonds is 3. The Kier molecular flexibility index (Phi) is 2.51. The van der Waals surface area contributed by atoms with E-state index in [1.807, 2.05) is 17.0 Å². The SMILES string of the molecule is O=C(C[n+]1ccncc1)C12CC3CC(CC(C3)C1)C2. The highest BCUT2D eigenvalue weighted by Crippen LogP contribution is 2.60. The number of Topliss-reactive ketones (excluding diaryl/α,β-unsaturated/α-hetero) is 1. The summed E-state index contributed by atoms with van der Waals surface area (Å²) in [5.74, 6) is 3.01. The van der Waals surface area contributed by atoms with Gasteiger partial charge < -0.3 is 0 Å². The normalized spacial score (nSPS) is 39.5. The second kappa shape index (κ2) is 4.12. The quantitative estimate of drug-likeness (QED) is 0.778. The van der Waals surface area contributed by atoms with Gasteiger partial charge in [0.1, 0.15) is 0 Å². The number of nitrogens with zero attached hydrogens (tertiary/aromatic N) is 2. The van der Waals surface area contributed by atoms with Gasteiger partial charge in [0, 0.05) is 5.41 Å². The van der Waals surface area contributed by atoms with Gasteiger partial charge in [-0.1, -0.05) is 0 Å². The molecule has 0 unspecified atom stereocenters. The maximum atomic E-state index is 12.8. The molecular formula is C16H21N2O+. The Hall–Kier alpha value is -1.25. The third kappa shape index (κ3) is 1.90. The van der Waals surface area contributed by atoms with Crippen LogP contribution in [0.15, 0.2) is 24.8 Å². The molecule has 0 radical (unpaired) electrons. The maximum absolute atomic E-state index is 12.8. The van der Waals surface area contributed by atoms with E-state index in [1.165, 1.54) is 38.5 Å². The zero-order valence-electron chi connectivity index (χ0n) is 11.3. The van der Waals surface area contributed by atoms with Crippen molar-refractivity contribution in [3.05, 3.63) is 24.8 Å². The smallest absolute Gasteiger partial charge is 0.207 e. The van der Waals surface area contributed by atoms with Crippen LogP contribution in [0.5, 0.6) is 0 Å². The van der Waals surface area contributed by atoms with Gasteiger partial charge in [-0.15, -0.1) is 0 Å². The first kappa shape index (κ1) is 11.6. The average Bonchev–Trinajstić information content (AvgIpc) is 2.38. The first-order valence-corrected chi connectivity index (χ1v) is 7.56. The second-order valence-electron chi connectivity index (χ2n) is 7.04. The van der Waals surface area contributed by atoms with E-state index >= 15 is 0 Å². The number of ketones is 1. The molecule has 19 heavy (non-hydrogen) atoms. The summed E-state index contributed by atoms with van der Waals surface area (Å²) in [5.41, 5.74) is 0.0328. The van der Waals surface area contributed by atoms with E-state index in [-0.39, 0.29) is 5.41 Å². The Morgan fingerprint density at radius 2 is 1.58 bits per heavy atom. The maximum Gasteiger partial charge on any atom is 0.207 e. The molecule has 0 N–H and O–H groups in total. The Bertz CT molecular complexity index is 461. The highest BCUT2D eigenvalue weighted by Gasteiger charge is 2.54. The molecule has 4 aliphatic rings. The van der Waals surface area contributed by atoms with Crippen molar-refractivity contribution in [2.75, 3.05) is 0 Å². The van der Waals surface area contributed by atoms with Gasteiger partial charge in [-0.05, 0) is 56.3 Å². The Labute approximate surface area is 114 Å². The van der Waals surface area contributed by atoms with Crippen molar-refractivity contribution in [3.8, 4) is 0 Å². The fourth-order valence-corrected chi connectivity index (χ4v) is 5.24. The lowest BCUT2D eigenvalue weighted by Gasteiger charge is -2.55. The highest BCUT2D eigenvalue weighted by molar-refractivity contribution is 5.84. The van der Waals surface area contributed by atoms with E-state index in [2.05, 4.69) is 4.98 Å². The van der Waals surface area contributed by atoms with E-state index < -0.39 is 0 Å². The molecule has 1 aromatic rings. The van der Waals surface area contributed by atoms with Crippen LogP contribution in [0.2, 0.25) is 0 Å². The minimum absolute atomic E-state index is 0.0328. The topological polar surface area (TPSA) is 33.8 Å². The van der Waals surface area contributed by atoms with Crippen LogP contribution in [-0.2, 0) is 11.3 Å². The molecule has 3 heteroatoms. The summed E-state index contributed by atoms with van der Waals surface area (Å²) in [6.45, 7) is 0.536. The lowest BCUT2D eigenvalue weighted by atomic mass is 9.48. The number of carbonyl (C=O) groups is 1. The van der Waals surface area contributed by atoms with Crippen LogP contribution in [0.4, 0.5) is 0 Å². The molecule has 0 saturated heterocycles. The summed E-state index contributed by atoms with van der Waals surface area (Å²) >= 11 is 0. The fraction of sp³-hybridized carbons (Fsp3) is 0.688. The molecule has 5 rings (SSSR count). The summed E-state index contributed by atoms with van der Waals surface area (Å²) in [4.78, 5) is 16.8. The fourth-order valence-electron chi connectivity index (χ4n) is 5.24. The third-order valence-corrected chi connectivity index (χ3v) is 5.64. The minimum atomic E-state index is 0.0328. The standard InChI is InChI=1S/C16H21N2O/c19-15(11-18-3-1-17-2-4-18)16-8-12-5-13(9-16)7-14(6-12)10-16/h1-4,12-14H,5-11H2/q+1. The molecule has 4 aliphatic carbocycles. The van der Waals surface area contributed by atoms with E-state index in [0.29, 0.717) is 12.3 Å². The third-order valence-electron chi connectivity index (χ3n) is 5.64. The molecule has 4 bridgehead atoms. The number of aromatic nitrogens is 2. The first-order chi connectivity index (χ1) is 9.23. The molecule has 4 saturated carbocycles. The van der Waals surface area contributed by atoms with Crippen molar-refractivity contribution in [3.63, 3.8) is 0 Å². The molecule has 4 fully saturated rings. The highest BCUT2D eigenvalue weighted by atomic mass is 16.1. The van der Waals surface area contributed by atoms with Gasteiger partial charge in [0.15, 0.2) is 12.4 Å². The lowest BCUT2D eigenvalue weighted by molar-refractivity contribution is -0.685. The van der Waals surface area contributed by atoms with Gasteiger partial charge in [-0.25, -0.2) is 0 Å². The molecule has 0 spiro atoms. The number of carbonyl (C=O) groups excluding carboxylic acids is 1. The van der Waals surface area contributed by atoms with Gasteiger partial charge in [0.05, 0.1) is 12.4 Å². The lowest BCUT2D eigenvalue weighted by Crippen LogP contribution is -2.53. The van der Waals surface area contributed by atoms with Crippen molar-refractivity contribution in [1.82, 2.24) is 4.98 Å². The van der Waals surface area contributed by atoms with Crippen molar-refractivity contribution in [2.24, 2.45) is 23.2 Å². The molecule has 100 valence electrons. The summed E-state index contributed by atoms with van der Waals surface area (Å²) in [7, 11) is 0. The molecule has 1 aromatic heterocycles. The number of hydrogen-bond donors (Lipinski definition) is 0. The molecule has 0 aromatic carbocycles. The average molecular weight is 257 g/mol. The zero-order valence-corrected chi connectivity index (χ0v) is 11.3. The Morgan fingerprint density at radius 3 is 2.11 bits per heavy atom. The van der Waals surface area contributed by atoms with Crippen molar-refractivity contribution in [1.29, 1.82) is 0 Å². The monoisotopic (exact) mass is 257 g/mol. The van der Waals surface area contributed by atoms with E-state index in [0.717, 1.165) is 17.8 Å². The van der Waals surface area contributed by atoms with Gasteiger partial charge in [0.25, 0.3) is 0 Å². The largest absolute Gasteiger partial charge is 0.292 e. The summed E-state index contributed by atoms with van der Waals surface area (Å²) in [6.07, 6.45) is 15.0. The molecular weight excluding hydrogens is 236 g/mol. The van der Waals surface area contributed by atoms with E-state index in [1.54, 1.807) is 12.4 Å². The molecule has 0 amide bonds.